The molecule has 0 aliphatic heterocycles. The van der Waals surface area contributed by atoms with Gasteiger partial charge in [0.2, 0.25) is 0 Å². The summed E-state index contributed by atoms with van der Waals surface area (Å²) in [5, 5.41) is 0.858. The van der Waals surface area contributed by atoms with Crippen LogP contribution in [0.1, 0.15) is 0 Å². The Morgan fingerprint density at radius 1 is 1.06 bits per heavy atom. The number of benzene rings is 2. The third kappa shape index (κ3) is 4.26. The Morgan fingerprint density at radius 3 is 2.38 bits per heavy atom. The van der Waals surface area contributed by atoms with Crippen molar-refractivity contribution in [3.05, 3.63) is 71.3 Å². The minimum absolute atomic E-state index is 0.0934. The van der Waals surface area contributed by atoms with Gasteiger partial charge in [-0.1, -0.05) is 42.5 Å². The largest absolute Gasteiger partial charge is 0.471 e. The summed E-state index contributed by atoms with van der Waals surface area (Å²) < 4.78 is 39.8. The maximum atomic E-state index is 13.0. The van der Waals surface area contributed by atoms with Gasteiger partial charge in [0.25, 0.3) is 0 Å². The van der Waals surface area contributed by atoms with Gasteiger partial charge in [-0.3, -0.25) is 4.79 Å². The van der Waals surface area contributed by atoms with E-state index in [9.17, 15) is 18.0 Å². The maximum absolute atomic E-state index is 13.0. The number of fused-ring (bicyclic) bond motifs is 1. The number of alkyl halides is 3. The Balaban J connectivity index is 1.83. The molecule has 0 unspecified atom stereocenters. The molecule has 2 aromatic heterocycles. The highest BCUT2D eigenvalue weighted by Gasteiger charge is 2.42. The molecule has 0 fully saturated rings. The monoisotopic (exact) mass is 502 g/mol. The van der Waals surface area contributed by atoms with Gasteiger partial charge in [0.05, 0.1) is 5.69 Å². The van der Waals surface area contributed by atoms with Crippen molar-refractivity contribution in [3.63, 3.8) is 0 Å². The number of rotatable bonds is 5. The standard InChI is InChI=1S/C23H18BrF3N4O/c24-16-12-18-19(20(30-21(18)29-13-16)15-4-2-1-3-5-15)14-6-8-17(9-7-14)31(11-10-28)22(32)23(25,26)27/h1-9,12-13H,10-11,28H2,(H,29,30). The molecule has 0 atom stereocenters. The number of halogens is 4. The van der Waals surface area contributed by atoms with Gasteiger partial charge in [0.15, 0.2) is 0 Å². The number of anilines is 1. The molecular formula is C23H18BrF3N4O. The van der Waals surface area contributed by atoms with E-state index in [1.54, 1.807) is 18.3 Å². The number of nitrogens with two attached hydrogens (primary N) is 1. The molecular weight excluding hydrogens is 485 g/mol. The van der Waals surface area contributed by atoms with Gasteiger partial charge < -0.3 is 15.6 Å². The number of carbonyl (C=O) groups excluding carboxylic acids is 1. The first-order chi connectivity index (χ1) is 15.3. The van der Waals surface area contributed by atoms with Gasteiger partial charge in [-0.15, -0.1) is 0 Å². The summed E-state index contributed by atoms with van der Waals surface area (Å²) >= 11 is 3.45. The number of nitrogens with zero attached hydrogens (tertiary/aromatic N) is 2. The van der Waals surface area contributed by atoms with Gasteiger partial charge >= 0.3 is 12.1 Å². The first-order valence-corrected chi connectivity index (χ1v) is 10.5. The Labute approximate surface area is 190 Å². The third-order valence-corrected chi connectivity index (χ3v) is 5.42. The van der Waals surface area contributed by atoms with Crippen LogP contribution >= 0.6 is 15.9 Å². The minimum Gasteiger partial charge on any atom is -0.339 e. The molecule has 0 saturated heterocycles. The quantitative estimate of drug-likeness (QED) is 0.377. The van der Waals surface area contributed by atoms with Crippen LogP contribution in [0.25, 0.3) is 33.4 Å². The lowest BCUT2D eigenvalue weighted by Crippen LogP contribution is -2.43. The highest BCUT2D eigenvalue weighted by atomic mass is 79.9. The van der Waals surface area contributed by atoms with Crippen LogP contribution in [0.4, 0.5) is 18.9 Å². The number of nitrogens with one attached hydrogen (secondary N) is 1. The second-order valence-corrected chi connectivity index (χ2v) is 8.00. The van der Waals surface area contributed by atoms with Crippen molar-refractivity contribution >= 4 is 38.6 Å². The van der Waals surface area contributed by atoms with Crippen molar-refractivity contribution in [2.45, 2.75) is 6.18 Å². The highest BCUT2D eigenvalue weighted by molar-refractivity contribution is 9.10. The Kier molecular flexibility index (Phi) is 6.03. The van der Waals surface area contributed by atoms with E-state index in [1.165, 1.54) is 12.1 Å². The van der Waals surface area contributed by atoms with E-state index >= 15 is 0 Å². The molecule has 2 heterocycles. The molecule has 1 amide bonds. The lowest BCUT2D eigenvalue weighted by Gasteiger charge is -2.23. The molecule has 0 aliphatic carbocycles. The first-order valence-electron chi connectivity index (χ1n) is 9.71. The fourth-order valence-electron chi connectivity index (χ4n) is 3.60. The Morgan fingerprint density at radius 2 is 1.75 bits per heavy atom. The summed E-state index contributed by atoms with van der Waals surface area (Å²) in [5.41, 5.74) is 9.66. The molecule has 4 aromatic rings. The molecule has 164 valence electrons. The molecule has 5 nitrogen and oxygen atoms in total. The van der Waals surface area contributed by atoms with Gasteiger partial charge in [0.1, 0.15) is 5.65 Å². The second kappa shape index (κ2) is 8.76. The van der Waals surface area contributed by atoms with Crippen molar-refractivity contribution in [1.29, 1.82) is 0 Å². The van der Waals surface area contributed by atoms with Crippen molar-refractivity contribution in [2.24, 2.45) is 5.73 Å². The topological polar surface area (TPSA) is 75.0 Å². The van der Waals surface area contributed by atoms with Crippen molar-refractivity contribution in [1.82, 2.24) is 9.97 Å². The lowest BCUT2D eigenvalue weighted by atomic mass is 9.98. The normalized spacial score (nSPS) is 11.7. The summed E-state index contributed by atoms with van der Waals surface area (Å²) in [6.07, 6.45) is -3.29. The number of hydrogen-bond donors (Lipinski definition) is 2. The van der Waals surface area contributed by atoms with Crippen LogP contribution < -0.4 is 10.6 Å². The van der Waals surface area contributed by atoms with Crippen LogP contribution in [0.15, 0.2) is 71.3 Å². The molecule has 0 bridgehead atoms. The predicted molar refractivity (Wildman–Crippen MR) is 122 cm³/mol. The second-order valence-electron chi connectivity index (χ2n) is 7.08. The smallest absolute Gasteiger partial charge is 0.339 e. The van der Waals surface area contributed by atoms with E-state index in [2.05, 4.69) is 25.9 Å². The van der Waals surface area contributed by atoms with Crippen molar-refractivity contribution in [2.75, 3.05) is 18.0 Å². The zero-order chi connectivity index (χ0) is 22.9. The number of carbonyl (C=O) groups is 1. The fraction of sp³-hybridized carbons (Fsp3) is 0.130. The van der Waals surface area contributed by atoms with E-state index in [-0.39, 0.29) is 18.8 Å². The fourth-order valence-corrected chi connectivity index (χ4v) is 3.94. The number of aromatic amines is 1. The minimum atomic E-state index is -4.98. The average Bonchev–Trinajstić information content (AvgIpc) is 3.16. The summed E-state index contributed by atoms with van der Waals surface area (Å²) in [4.78, 5) is 20.3. The van der Waals surface area contributed by atoms with Crippen LogP contribution in [-0.2, 0) is 4.79 Å². The summed E-state index contributed by atoms with van der Waals surface area (Å²) in [5.74, 6) is -1.94. The van der Waals surface area contributed by atoms with Crippen molar-refractivity contribution < 1.29 is 18.0 Å². The molecule has 4 rings (SSSR count). The number of pyridine rings is 1. The lowest BCUT2D eigenvalue weighted by molar-refractivity contribution is -0.170. The molecule has 3 N–H and O–H groups in total. The molecule has 2 aromatic carbocycles. The van der Waals surface area contributed by atoms with Crippen LogP contribution in [0.5, 0.6) is 0 Å². The van der Waals surface area contributed by atoms with Gasteiger partial charge in [-0.05, 0) is 45.3 Å². The first kappa shape index (κ1) is 22.0. The van der Waals surface area contributed by atoms with Crippen molar-refractivity contribution in [3.8, 4) is 22.4 Å². The van der Waals surface area contributed by atoms with Gasteiger partial charge in [-0.2, -0.15) is 13.2 Å². The Hall–Kier alpha value is -3.17. The SMILES string of the molecule is NCCN(C(=O)C(F)(F)F)c1ccc(-c2c(-c3ccccc3)[nH]c3ncc(Br)cc23)cc1. The van der Waals surface area contributed by atoms with E-state index in [4.69, 9.17) is 5.73 Å². The van der Waals surface area contributed by atoms with Crippen LogP contribution in [0.3, 0.4) is 0 Å². The average molecular weight is 503 g/mol. The predicted octanol–water partition coefficient (Wildman–Crippen LogP) is 5.51. The molecule has 0 spiro atoms. The zero-order valence-electron chi connectivity index (χ0n) is 16.7. The van der Waals surface area contributed by atoms with E-state index in [0.29, 0.717) is 10.5 Å². The molecule has 32 heavy (non-hydrogen) atoms. The van der Waals surface area contributed by atoms with Crippen LogP contribution in [0.2, 0.25) is 0 Å². The van der Waals surface area contributed by atoms with Crippen LogP contribution in [0, 0.1) is 0 Å². The number of hydrogen-bond acceptors (Lipinski definition) is 3. The maximum Gasteiger partial charge on any atom is 0.471 e. The zero-order valence-corrected chi connectivity index (χ0v) is 18.2. The van der Waals surface area contributed by atoms with E-state index in [1.807, 2.05) is 36.4 Å². The molecule has 0 aliphatic rings. The summed E-state index contributed by atoms with van der Waals surface area (Å²) in [6, 6.07) is 18.0. The van der Waals surface area contributed by atoms with Gasteiger partial charge in [0, 0.05) is 40.4 Å². The van der Waals surface area contributed by atoms with Crippen LogP contribution in [-0.4, -0.2) is 35.1 Å². The van der Waals surface area contributed by atoms with Gasteiger partial charge in [-0.25, -0.2) is 4.98 Å². The number of H-pyrrole nitrogens is 1. The number of aromatic nitrogens is 2. The number of amides is 1. The van der Waals surface area contributed by atoms with E-state index < -0.39 is 12.1 Å². The summed E-state index contributed by atoms with van der Waals surface area (Å²) in [6.45, 7) is -0.333. The third-order valence-electron chi connectivity index (χ3n) is 4.99. The molecule has 0 radical (unpaired) electrons. The Bertz CT molecular complexity index is 1250. The molecule has 9 heteroatoms. The van der Waals surface area contributed by atoms with E-state index in [0.717, 1.165) is 32.2 Å². The summed E-state index contributed by atoms with van der Waals surface area (Å²) in [7, 11) is 0. The highest BCUT2D eigenvalue weighted by Crippen LogP contribution is 2.39. The molecule has 0 saturated carbocycles.